The topological polar surface area (TPSA) is 64.1 Å². The summed E-state index contributed by atoms with van der Waals surface area (Å²) in [6.07, 6.45) is 2.60. The van der Waals surface area contributed by atoms with Gasteiger partial charge in [0.05, 0.1) is 12.7 Å². The first-order valence-corrected chi connectivity index (χ1v) is 10.2. The quantitative estimate of drug-likeness (QED) is 0.237. The van der Waals surface area contributed by atoms with Crippen molar-refractivity contribution in [3.05, 3.63) is 29.8 Å². The summed E-state index contributed by atoms with van der Waals surface area (Å²) in [5.41, 5.74) is 1.33. The van der Waals surface area contributed by atoms with Crippen molar-refractivity contribution in [3.63, 3.8) is 0 Å². The Hall–Kier alpha value is -1.06. The number of halogens is 1. The molecule has 0 amide bonds. The van der Waals surface area contributed by atoms with Gasteiger partial charge in [0, 0.05) is 39.8 Å². The van der Waals surface area contributed by atoms with Crippen molar-refractivity contribution < 1.29 is 14.2 Å². The van der Waals surface area contributed by atoms with Crippen LogP contribution in [0.15, 0.2) is 29.3 Å². The normalized spacial score (nSPS) is 20.0. The number of hydrogen-bond donors (Lipinski definition) is 2. The number of guanidine groups is 1. The second-order valence-electron chi connectivity index (χ2n) is 8.35. The molecule has 166 valence electrons. The molecule has 6 nitrogen and oxygen atoms in total. The van der Waals surface area contributed by atoms with Gasteiger partial charge >= 0.3 is 0 Å². The molecule has 1 fully saturated rings. The van der Waals surface area contributed by atoms with E-state index in [1.807, 2.05) is 12.1 Å². The Labute approximate surface area is 193 Å². The highest BCUT2D eigenvalue weighted by atomic mass is 127. The molecule has 1 aliphatic heterocycles. The summed E-state index contributed by atoms with van der Waals surface area (Å²) < 4.78 is 16.7. The predicted octanol–water partition coefficient (Wildman–Crippen LogP) is 3.84. The lowest BCUT2D eigenvalue weighted by atomic mass is 9.78. The summed E-state index contributed by atoms with van der Waals surface area (Å²) in [4.78, 5) is 4.36. The third-order valence-corrected chi connectivity index (χ3v) is 4.99. The number of rotatable bonds is 8. The summed E-state index contributed by atoms with van der Waals surface area (Å²) in [6, 6.07) is 8.09. The van der Waals surface area contributed by atoms with Crippen LogP contribution in [-0.2, 0) is 16.0 Å². The lowest BCUT2D eigenvalue weighted by Crippen LogP contribution is -2.47. The van der Waals surface area contributed by atoms with Gasteiger partial charge in [0.1, 0.15) is 12.4 Å². The molecule has 0 bridgehead atoms. The van der Waals surface area contributed by atoms with Crippen LogP contribution in [0.1, 0.15) is 39.2 Å². The van der Waals surface area contributed by atoms with Crippen LogP contribution in [0.3, 0.4) is 0 Å². The first-order chi connectivity index (χ1) is 13.4. The third-order valence-electron chi connectivity index (χ3n) is 4.99. The van der Waals surface area contributed by atoms with Gasteiger partial charge in [0.15, 0.2) is 5.96 Å². The summed E-state index contributed by atoms with van der Waals surface area (Å²) in [5.74, 6) is 2.17. The molecule has 7 heteroatoms. The minimum atomic E-state index is 0. The van der Waals surface area contributed by atoms with Crippen molar-refractivity contribution in [1.29, 1.82) is 0 Å². The van der Waals surface area contributed by atoms with Crippen LogP contribution in [0.5, 0.6) is 5.75 Å². The maximum absolute atomic E-state index is 6.08. The Morgan fingerprint density at radius 1 is 1.17 bits per heavy atom. The fraction of sp³-hybridized carbons (Fsp3) is 0.682. The number of benzene rings is 1. The highest BCUT2D eigenvalue weighted by Gasteiger charge is 2.35. The van der Waals surface area contributed by atoms with Crippen LogP contribution in [0.4, 0.5) is 0 Å². The first kappa shape index (κ1) is 26.0. The highest BCUT2D eigenvalue weighted by molar-refractivity contribution is 14.0. The van der Waals surface area contributed by atoms with E-state index < -0.39 is 0 Å². The van der Waals surface area contributed by atoms with Crippen molar-refractivity contribution in [2.45, 2.75) is 46.3 Å². The number of nitrogens with zero attached hydrogens (tertiary/aromatic N) is 1. The van der Waals surface area contributed by atoms with E-state index in [4.69, 9.17) is 14.2 Å². The lowest BCUT2D eigenvalue weighted by molar-refractivity contribution is -0.0835. The Kier molecular flexibility index (Phi) is 11.9. The van der Waals surface area contributed by atoms with E-state index in [-0.39, 0.29) is 35.5 Å². The second kappa shape index (κ2) is 13.3. The molecular weight excluding hydrogens is 481 g/mol. The summed E-state index contributed by atoms with van der Waals surface area (Å²) in [6.45, 7) is 10.4. The zero-order valence-electron chi connectivity index (χ0n) is 18.5. The van der Waals surface area contributed by atoms with Crippen molar-refractivity contribution in [1.82, 2.24) is 10.6 Å². The van der Waals surface area contributed by atoms with Gasteiger partial charge in [-0.1, -0.05) is 32.9 Å². The fourth-order valence-electron chi connectivity index (χ4n) is 3.59. The Balaban J connectivity index is 0.00000420. The molecule has 0 spiro atoms. The van der Waals surface area contributed by atoms with Gasteiger partial charge in [-0.05, 0) is 36.0 Å². The average Bonchev–Trinajstić information content (AvgIpc) is 2.69. The average molecular weight is 519 g/mol. The van der Waals surface area contributed by atoms with Crippen LogP contribution in [0.25, 0.3) is 0 Å². The molecule has 2 N–H and O–H groups in total. The van der Waals surface area contributed by atoms with Crippen LogP contribution < -0.4 is 15.4 Å². The molecule has 2 atom stereocenters. The molecule has 0 aromatic heterocycles. The van der Waals surface area contributed by atoms with Crippen LogP contribution in [0.2, 0.25) is 0 Å². The van der Waals surface area contributed by atoms with E-state index in [1.54, 1.807) is 14.2 Å². The minimum Gasteiger partial charge on any atom is -0.491 e. The minimum absolute atomic E-state index is 0. The second-order valence-corrected chi connectivity index (χ2v) is 8.35. The molecule has 0 aliphatic carbocycles. The van der Waals surface area contributed by atoms with Crippen molar-refractivity contribution >= 4 is 29.9 Å². The number of ether oxygens (including phenoxy) is 3. The molecular formula is C22H38IN3O3. The molecule has 29 heavy (non-hydrogen) atoms. The fourth-order valence-corrected chi connectivity index (χ4v) is 3.59. The van der Waals surface area contributed by atoms with Crippen molar-refractivity contribution in [2.24, 2.45) is 16.3 Å². The maximum Gasteiger partial charge on any atom is 0.191 e. The van der Waals surface area contributed by atoms with Crippen LogP contribution >= 0.6 is 24.0 Å². The van der Waals surface area contributed by atoms with Crippen LogP contribution in [0, 0.1) is 11.3 Å². The molecule has 1 saturated heterocycles. The standard InChI is InChI=1S/C22H37N3O3.HI/c1-22(2,3)20-18(7-6-12-28-20)16-25-21(23-4)24-15-17-8-10-19(11-9-17)27-14-13-26-5;/h8-11,18,20H,6-7,12-16H2,1-5H3,(H2,23,24,25);1H. The van der Waals surface area contributed by atoms with Gasteiger partial charge in [0.25, 0.3) is 0 Å². The van der Waals surface area contributed by atoms with Gasteiger partial charge < -0.3 is 24.8 Å². The zero-order chi connectivity index (χ0) is 20.4. The monoisotopic (exact) mass is 519 g/mol. The summed E-state index contributed by atoms with van der Waals surface area (Å²) >= 11 is 0. The van der Waals surface area contributed by atoms with E-state index in [1.165, 1.54) is 12.0 Å². The van der Waals surface area contributed by atoms with Gasteiger partial charge in [0.2, 0.25) is 0 Å². The smallest absolute Gasteiger partial charge is 0.191 e. The van der Waals surface area contributed by atoms with Gasteiger partial charge in [-0.15, -0.1) is 24.0 Å². The lowest BCUT2D eigenvalue weighted by Gasteiger charge is -2.40. The summed E-state index contributed by atoms with van der Waals surface area (Å²) in [5, 5.41) is 6.87. The van der Waals surface area contributed by atoms with Crippen LogP contribution in [-0.4, -0.2) is 52.6 Å². The summed E-state index contributed by atoms with van der Waals surface area (Å²) in [7, 11) is 3.48. The molecule has 2 unspecified atom stereocenters. The number of hydrogen-bond acceptors (Lipinski definition) is 4. The Morgan fingerprint density at radius 3 is 2.52 bits per heavy atom. The SMILES string of the molecule is CN=C(NCc1ccc(OCCOC)cc1)NCC1CCCOC1C(C)(C)C.I. The molecule has 1 aromatic rings. The van der Waals surface area contributed by atoms with Gasteiger partial charge in [-0.2, -0.15) is 0 Å². The highest BCUT2D eigenvalue weighted by Crippen LogP contribution is 2.33. The Bertz CT molecular complexity index is 602. The molecule has 0 radical (unpaired) electrons. The zero-order valence-corrected chi connectivity index (χ0v) is 20.8. The van der Waals surface area contributed by atoms with Gasteiger partial charge in [-0.3, -0.25) is 4.99 Å². The molecule has 1 aliphatic rings. The van der Waals surface area contributed by atoms with E-state index in [0.29, 0.717) is 25.7 Å². The van der Waals surface area contributed by atoms with E-state index >= 15 is 0 Å². The van der Waals surface area contributed by atoms with Crippen molar-refractivity contribution in [2.75, 3.05) is 40.5 Å². The number of methoxy groups -OCH3 is 1. The molecule has 1 heterocycles. The van der Waals surface area contributed by atoms with E-state index in [0.717, 1.165) is 31.3 Å². The van der Waals surface area contributed by atoms with Gasteiger partial charge in [-0.25, -0.2) is 0 Å². The predicted molar refractivity (Wildman–Crippen MR) is 129 cm³/mol. The maximum atomic E-state index is 6.08. The van der Waals surface area contributed by atoms with E-state index in [9.17, 15) is 0 Å². The number of aliphatic imine (C=N–C) groups is 1. The van der Waals surface area contributed by atoms with Crippen molar-refractivity contribution in [3.8, 4) is 5.75 Å². The molecule has 0 saturated carbocycles. The molecule has 1 aromatic carbocycles. The largest absolute Gasteiger partial charge is 0.491 e. The first-order valence-electron chi connectivity index (χ1n) is 10.2. The van der Waals surface area contributed by atoms with E-state index in [2.05, 4.69) is 48.5 Å². The molecule has 2 rings (SSSR count). The number of nitrogens with one attached hydrogen (secondary N) is 2. The third kappa shape index (κ3) is 9.09. The Morgan fingerprint density at radius 2 is 1.90 bits per heavy atom.